The zero-order chi connectivity index (χ0) is 20.2. The lowest BCUT2D eigenvalue weighted by Crippen LogP contribution is -2.80. The van der Waals surface area contributed by atoms with Gasteiger partial charge in [-0.3, -0.25) is 4.79 Å². The number of piperazine rings is 1. The fourth-order valence-corrected chi connectivity index (χ4v) is 4.12. The molecule has 1 amide bonds. The topological polar surface area (TPSA) is 69.5 Å². The molecule has 0 bridgehead atoms. The first-order chi connectivity index (χ1) is 14.0. The molecule has 148 valence electrons. The molecule has 3 heterocycles. The third-order valence-electron chi connectivity index (χ3n) is 6.13. The molecule has 1 aromatic carbocycles. The highest BCUT2D eigenvalue weighted by molar-refractivity contribution is 5.80. The Labute approximate surface area is 166 Å². The molecule has 0 N–H and O–H groups in total. The van der Waals surface area contributed by atoms with Crippen molar-refractivity contribution in [1.29, 1.82) is 5.26 Å². The van der Waals surface area contributed by atoms with Gasteiger partial charge in [-0.1, -0.05) is 6.07 Å². The summed E-state index contributed by atoms with van der Waals surface area (Å²) in [6.45, 7) is 1.23. The van der Waals surface area contributed by atoms with Crippen LogP contribution in [0.2, 0.25) is 0 Å². The number of aromatic nitrogens is 1. The van der Waals surface area contributed by atoms with Gasteiger partial charge in [0.25, 0.3) is 0 Å². The van der Waals surface area contributed by atoms with Crippen LogP contribution < -0.4 is 4.90 Å². The number of amides is 1. The van der Waals surface area contributed by atoms with E-state index in [9.17, 15) is 13.6 Å². The van der Waals surface area contributed by atoms with Crippen LogP contribution in [0, 0.1) is 23.0 Å². The number of fused-ring (bicyclic) bond motifs is 1. The Bertz CT molecular complexity index is 1020. The summed E-state index contributed by atoms with van der Waals surface area (Å²) in [6.07, 6.45) is 2.93. The lowest BCUT2D eigenvalue weighted by Gasteiger charge is -2.62. The van der Waals surface area contributed by atoms with Gasteiger partial charge in [0.2, 0.25) is 5.91 Å². The highest BCUT2D eigenvalue weighted by Gasteiger charge is 2.54. The van der Waals surface area contributed by atoms with E-state index in [1.165, 1.54) is 6.07 Å². The van der Waals surface area contributed by atoms with Gasteiger partial charge in [-0.15, -0.1) is 0 Å². The monoisotopic (exact) mass is 396 g/mol. The molecule has 0 spiro atoms. The maximum absolute atomic E-state index is 13.5. The van der Waals surface area contributed by atoms with Gasteiger partial charge in [0.15, 0.2) is 11.6 Å². The minimum Gasteiger partial charge on any atom is -0.360 e. The summed E-state index contributed by atoms with van der Waals surface area (Å²) in [7, 11) is 0. The number of nitrogens with zero attached hydrogens (tertiary/aromatic N) is 4. The summed E-state index contributed by atoms with van der Waals surface area (Å²) >= 11 is 0. The van der Waals surface area contributed by atoms with Crippen molar-refractivity contribution < 1.29 is 18.3 Å². The third kappa shape index (κ3) is 2.93. The van der Waals surface area contributed by atoms with E-state index >= 15 is 0 Å². The van der Waals surface area contributed by atoms with Gasteiger partial charge >= 0.3 is 0 Å². The van der Waals surface area contributed by atoms with Crippen LogP contribution in [-0.4, -0.2) is 47.6 Å². The summed E-state index contributed by atoms with van der Waals surface area (Å²) in [6, 6.07) is 9.74. The highest BCUT2D eigenvalue weighted by atomic mass is 19.2. The number of likely N-dealkylation sites (tertiary alicyclic amines) is 1. The smallest absolute Gasteiger partial charge is 0.249 e. The number of carbonyl (C=O) groups is 1. The number of ether oxygens (including phenoxy) is 1. The van der Waals surface area contributed by atoms with Crippen molar-refractivity contribution in [2.45, 2.75) is 30.5 Å². The molecule has 6 nitrogen and oxygen atoms in total. The normalized spacial score (nSPS) is 23.5. The Hall–Kier alpha value is -3.05. The number of rotatable bonds is 5. The molecular formula is C21H18F2N4O2. The van der Waals surface area contributed by atoms with Gasteiger partial charge < -0.3 is 14.5 Å². The van der Waals surface area contributed by atoms with Crippen molar-refractivity contribution in [3.8, 4) is 6.07 Å². The molecule has 29 heavy (non-hydrogen) atoms. The van der Waals surface area contributed by atoms with Gasteiger partial charge in [0.1, 0.15) is 18.5 Å². The highest BCUT2D eigenvalue weighted by Crippen LogP contribution is 2.49. The largest absolute Gasteiger partial charge is 0.360 e. The fraction of sp³-hybridized carbons (Fsp3) is 0.381. The van der Waals surface area contributed by atoms with Crippen LogP contribution in [0.25, 0.3) is 0 Å². The Balaban J connectivity index is 1.16. The Morgan fingerprint density at radius 3 is 2.62 bits per heavy atom. The molecule has 1 unspecified atom stereocenters. The number of halogens is 2. The van der Waals surface area contributed by atoms with Gasteiger partial charge in [0, 0.05) is 19.3 Å². The fourth-order valence-electron chi connectivity index (χ4n) is 4.12. The van der Waals surface area contributed by atoms with E-state index in [1.807, 2.05) is 12.1 Å². The predicted molar refractivity (Wildman–Crippen MR) is 98.8 cm³/mol. The summed E-state index contributed by atoms with van der Waals surface area (Å²) in [5.41, 5.74) is 0.419. The number of nitriles is 1. The lowest BCUT2D eigenvalue weighted by molar-refractivity contribution is -0.152. The molecule has 1 aromatic heterocycles. The van der Waals surface area contributed by atoms with Crippen LogP contribution >= 0.6 is 0 Å². The first-order valence-corrected chi connectivity index (χ1v) is 9.52. The van der Waals surface area contributed by atoms with E-state index in [0.717, 1.165) is 18.0 Å². The molecule has 2 aliphatic heterocycles. The maximum atomic E-state index is 13.5. The minimum atomic E-state index is -0.903. The molecule has 2 atom stereocenters. The SMILES string of the molecule is N#Cc1ccc(N2C[C@@H]3C2CN3C(=O)COC2(c3ccc(F)c(F)c3)CC2)nc1. The van der Waals surface area contributed by atoms with Gasteiger partial charge in [-0.25, -0.2) is 13.8 Å². The summed E-state index contributed by atoms with van der Waals surface area (Å²) in [4.78, 5) is 20.8. The second kappa shape index (κ2) is 6.49. The number of benzene rings is 1. The first-order valence-electron chi connectivity index (χ1n) is 9.52. The minimum absolute atomic E-state index is 0.0721. The van der Waals surface area contributed by atoms with Crippen LogP contribution in [0.15, 0.2) is 36.5 Å². The zero-order valence-electron chi connectivity index (χ0n) is 15.5. The molecule has 0 radical (unpaired) electrons. The number of hydrogen-bond donors (Lipinski definition) is 0. The Morgan fingerprint density at radius 2 is 2.03 bits per heavy atom. The van der Waals surface area contributed by atoms with Crippen molar-refractivity contribution in [2.75, 3.05) is 24.6 Å². The molecule has 1 aliphatic carbocycles. The summed E-state index contributed by atoms with van der Waals surface area (Å²) in [5, 5.41) is 8.86. The maximum Gasteiger partial charge on any atom is 0.249 e. The average molecular weight is 396 g/mol. The molecule has 2 saturated heterocycles. The molecule has 3 fully saturated rings. The summed E-state index contributed by atoms with van der Waals surface area (Å²) < 4.78 is 32.5. The number of carbonyl (C=O) groups excluding carboxylic acids is 1. The number of pyridine rings is 1. The van der Waals surface area contributed by atoms with E-state index in [0.29, 0.717) is 37.1 Å². The van der Waals surface area contributed by atoms with E-state index < -0.39 is 17.2 Å². The molecule has 5 rings (SSSR count). The number of anilines is 1. The van der Waals surface area contributed by atoms with Gasteiger partial charge in [0.05, 0.1) is 23.2 Å². The van der Waals surface area contributed by atoms with Crippen molar-refractivity contribution in [1.82, 2.24) is 9.88 Å². The van der Waals surface area contributed by atoms with Gasteiger partial charge in [-0.2, -0.15) is 5.26 Å². The predicted octanol–water partition coefficient (Wildman–Crippen LogP) is 2.34. The van der Waals surface area contributed by atoms with Crippen LogP contribution in [0.4, 0.5) is 14.6 Å². The second-order valence-corrected chi connectivity index (χ2v) is 7.76. The Morgan fingerprint density at radius 1 is 1.21 bits per heavy atom. The van der Waals surface area contributed by atoms with Gasteiger partial charge in [-0.05, 0) is 42.7 Å². The average Bonchev–Trinajstić information content (AvgIpc) is 3.51. The van der Waals surface area contributed by atoms with E-state index in [1.54, 1.807) is 17.2 Å². The van der Waals surface area contributed by atoms with E-state index in [-0.39, 0.29) is 24.6 Å². The number of hydrogen-bond acceptors (Lipinski definition) is 5. The second-order valence-electron chi connectivity index (χ2n) is 7.76. The first kappa shape index (κ1) is 18.0. The van der Waals surface area contributed by atoms with Crippen LogP contribution in [0.1, 0.15) is 24.0 Å². The van der Waals surface area contributed by atoms with Crippen LogP contribution in [-0.2, 0) is 15.1 Å². The molecule has 8 heteroatoms. The van der Waals surface area contributed by atoms with Crippen molar-refractivity contribution in [2.24, 2.45) is 0 Å². The van der Waals surface area contributed by atoms with E-state index in [2.05, 4.69) is 9.88 Å². The Kier molecular flexibility index (Phi) is 4.03. The van der Waals surface area contributed by atoms with Crippen molar-refractivity contribution in [3.63, 3.8) is 0 Å². The molecule has 2 aromatic rings. The van der Waals surface area contributed by atoms with E-state index in [4.69, 9.17) is 10.00 Å². The van der Waals surface area contributed by atoms with Crippen molar-refractivity contribution >= 4 is 11.7 Å². The molecule has 1 saturated carbocycles. The lowest BCUT2D eigenvalue weighted by atomic mass is 9.85. The van der Waals surface area contributed by atoms with Crippen LogP contribution in [0.5, 0.6) is 0 Å². The molecular weight excluding hydrogens is 378 g/mol. The third-order valence-corrected chi connectivity index (χ3v) is 6.13. The standard InChI is InChI=1S/C21H18F2N4O2/c22-15-3-2-14(7-16(15)23)21(5-6-21)29-12-20(28)27-11-17-18(27)10-26(17)19-4-1-13(8-24)9-25-19/h1-4,7,9,17-18H,5-6,10-12H2/t17?,18-/m1/s1. The summed E-state index contributed by atoms with van der Waals surface area (Å²) in [5.74, 6) is -1.07. The molecule has 3 aliphatic rings. The van der Waals surface area contributed by atoms with Crippen LogP contribution in [0.3, 0.4) is 0 Å². The van der Waals surface area contributed by atoms with Crippen molar-refractivity contribution in [3.05, 3.63) is 59.3 Å². The quantitative estimate of drug-likeness (QED) is 0.776. The zero-order valence-corrected chi connectivity index (χ0v) is 15.5.